The number of hydrogen-bond acceptors (Lipinski definition) is 3. The van der Waals surface area contributed by atoms with Gasteiger partial charge in [0.1, 0.15) is 5.82 Å². The first-order chi connectivity index (χ1) is 14.6. The Morgan fingerprint density at radius 3 is 2.35 bits per heavy atom. The highest BCUT2D eigenvalue weighted by Crippen LogP contribution is 2.33. The lowest BCUT2D eigenvalue weighted by atomic mass is 10.1. The SMILES string of the molecule is Cc1nccc(C(F)(F)F)c1C(=O)Nc1ccc(F)c(S(=O)Nc2ccc(Cl)cc2)c1. The monoisotopic (exact) mass is 471 g/mol. The number of hydrogen-bond donors (Lipinski definition) is 2. The van der Waals surface area contributed by atoms with Crippen LogP contribution in [0.3, 0.4) is 0 Å². The number of amides is 1. The maximum absolute atomic E-state index is 14.2. The Bertz CT molecular complexity index is 1150. The van der Waals surface area contributed by atoms with Gasteiger partial charge in [-0.15, -0.1) is 0 Å². The molecule has 5 nitrogen and oxygen atoms in total. The van der Waals surface area contributed by atoms with Crippen molar-refractivity contribution >= 4 is 39.9 Å². The molecule has 0 radical (unpaired) electrons. The molecule has 0 aliphatic rings. The van der Waals surface area contributed by atoms with E-state index in [1.165, 1.54) is 19.1 Å². The van der Waals surface area contributed by atoms with Gasteiger partial charge < -0.3 is 10.0 Å². The zero-order chi connectivity index (χ0) is 22.8. The molecule has 31 heavy (non-hydrogen) atoms. The quantitative estimate of drug-likeness (QED) is 0.477. The van der Waals surface area contributed by atoms with E-state index in [2.05, 4.69) is 15.0 Å². The second-order valence-electron chi connectivity index (χ2n) is 6.29. The number of rotatable bonds is 5. The number of nitrogens with zero attached hydrogens (tertiary/aromatic N) is 1. The molecule has 1 unspecified atom stereocenters. The second-order valence-corrected chi connectivity index (χ2v) is 7.91. The molecule has 1 heterocycles. The molecule has 0 aliphatic heterocycles. The number of pyridine rings is 1. The predicted octanol–water partition coefficient (Wildman–Crippen LogP) is 5.59. The maximum Gasteiger partial charge on any atom is 0.417 e. The summed E-state index contributed by atoms with van der Waals surface area (Å²) in [5.41, 5.74) is -1.56. The second kappa shape index (κ2) is 9.03. The Morgan fingerprint density at radius 1 is 1.06 bits per heavy atom. The third-order valence-corrected chi connectivity index (χ3v) is 5.50. The summed E-state index contributed by atoms with van der Waals surface area (Å²) in [6, 6.07) is 10.0. The number of carbonyl (C=O) groups is 1. The molecule has 11 heteroatoms. The number of alkyl halides is 3. The summed E-state index contributed by atoms with van der Waals surface area (Å²) >= 11 is 5.78. The number of nitrogens with one attached hydrogen (secondary N) is 2. The van der Waals surface area contributed by atoms with E-state index in [0.717, 1.165) is 24.4 Å². The van der Waals surface area contributed by atoms with Crippen LogP contribution in [-0.2, 0) is 17.2 Å². The van der Waals surface area contributed by atoms with Gasteiger partial charge in [0.2, 0.25) is 0 Å². The zero-order valence-corrected chi connectivity index (χ0v) is 17.3. The first-order valence-electron chi connectivity index (χ1n) is 8.64. The van der Waals surface area contributed by atoms with E-state index < -0.39 is 40.0 Å². The van der Waals surface area contributed by atoms with Crippen LogP contribution in [0.4, 0.5) is 28.9 Å². The molecular formula is C20H14ClF4N3O2S. The van der Waals surface area contributed by atoms with E-state index in [-0.39, 0.29) is 16.3 Å². The Morgan fingerprint density at radius 2 is 1.71 bits per heavy atom. The van der Waals surface area contributed by atoms with Gasteiger partial charge in [0.15, 0.2) is 11.0 Å². The summed E-state index contributed by atoms with van der Waals surface area (Å²) < 4.78 is 69.1. The summed E-state index contributed by atoms with van der Waals surface area (Å²) in [5.74, 6) is -1.90. The molecule has 0 spiro atoms. The third-order valence-electron chi connectivity index (χ3n) is 4.12. The Balaban J connectivity index is 1.86. The van der Waals surface area contributed by atoms with Crippen LogP contribution < -0.4 is 10.0 Å². The van der Waals surface area contributed by atoms with Crippen molar-refractivity contribution in [2.75, 3.05) is 10.0 Å². The molecule has 162 valence electrons. The molecule has 0 bridgehead atoms. The molecule has 0 aliphatic carbocycles. The van der Waals surface area contributed by atoms with Crippen molar-refractivity contribution in [2.45, 2.75) is 18.0 Å². The number of anilines is 2. The highest BCUT2D eigenvalue weighted by atomic mass is 35.5. The first-order valence-corrected chi connectivity index (χ1v) is 10.2. The third kappa shape index (κ3) is 5.39. The first kappa shape index (κ1) is 22.7. The van der Waals surface area contributed by atoms with Gasteiger partial charge in [0.05, 0.1) is 21.7 Å². The molecule has 2 aromatic carbocycles. The number of aromatic nitrogens is 1. The van der Waals surface area contributed by atoms with Gasteiger partial charge in [-0.05, 0) is 55.5 Å². The normalized spacial score (nSPS) is 12.3. The zero-order valence-electron chi connectivity index (χ0n) is 15.8. The summed E-state index contributed by atoms with van der Waals surface area (Å²) in [6.45, 7) is 1.27. The van der Waals surface area contributed by atoms with E-state index in [1.54, 1.807) is 12.1 Å². The standard InChI is InChI=1S/C20H14ClF4N3O2S/c1-11-18(15(8-9-26-11)20(23,24)25)19(29)27-14-6-7-16(22)17(10-14)31(30)28-13-4-2-12(21)3-5-13/h2-10,28H,1H3,(H,27,29). The topological polar surface area (TPSA) is 71.1 Å². The van der Waals surface area contributed by atoms with E-state index in [9.17, 15) is 26.6 Å². The van der Waals surface area contributed by atoms with Gasteiger partial charge in [-0.3, -0.25) is 9.78 Å². The van der Waals surface area contributed by atoms with Crippen molar-refractivity contribution in [1.29, 1.82) is 0 Å². The number of halogens is 5. The fourth-order valence-electron chi connectivity index (χ4n) is 2.69. The molecule has 0 saturated carbocycles. The van der Waals surface area contributed by atoms with E-state index in [1.807, 2.05) is 0 Å². The summed E-state index contributed by atoms with van der Waals surface area (Å²) in [6.07, 6.45) is -3.81. The highest BCUT2D eigenvalue weighted by Gasteiger charge is 2.36. The van der Waals surface area contributed by atoms with Crippen molar-refractivity contribution < 1.29 is 26.6 Å². The van der Waals surface area contributed by atoms with Crippen LogP contribution >= 0.6 is 11.6 Å². The Labute approximate surface area is 182 Å². The largest absolute Gasteiger partial charge is 0.417 e. The van der Waals surface area contributed by atoms with Crippen LogP contribution in [0.25, 0.3) is 0 Å². The summed E-state index contributed by atoms with van der Waals surface area (Å²) in [4.78, 5) is 16.0. The van der Waals surface area contributed by atoms with E-state index in [0.29, 0.717) is 16.8 Å². The molecule has 3 rings (SSSR count). The van der Waals surface area contributed by atoms with Gasteiger partial charge in [-0.2, -0.15) is 13.2 Å². The van der Waals surface area contributed by atoms with Crippen molar-refractivity contribution in [3.63, 3.8) is 0 Å². The average Bonchev–Trinajstić information content (AvgIpc) is 2.70. The maximum atomic E-state index is 14.2. The van der Waals surface area contributed by atoms with Crippen molar-refractivity contribution in [2.24, 2.45) is 0 Å². The Hall–Kier alpha value is -2.98. The lowest BCUT2D eigenvalue weighted by Crippen LogP contribution is -2.21. The summed E-state index contributed by atoms with van der Waals surface area (Å²) in [5, 5.41) is 2.73. The minimum atomic E-state index is -4.77. The van der Waals surface area contributed by atoms with Crippen LogP contribution in [0.15, 0.2) is 59.6 Å². The minimum absolute atomic E-state index is 0.0379. The fourth-order valence-corrected chi connectivity index (χ4v) is 3.75. The van der Waals surface area contributed by atoms with Crippen molar-refractivity contribution in [3.8, 4) is 0 Å². The molecule has 0 fully saturated rings. The number of benzene rings is 2. The minimum Gasteiger partial charge on any atom is -0.322 e. The number of carbonyl (C=O) groups excluding carboxylic acids is 1. The molecule has 1 aromatic heterocycles. The molecule has 2 N–H and O–H groups in total. The van der Waals surface area contributed by atoms with Gasteiger partial charge in [-0.1, -0.05) is 11.6 Å². The van der Waals surface area contributed by atoms with Crippen molar-refractivity contribution in [3.05, 3.63) is 82.4 Å². The number of aryl methyl sites for hydroxylation is 1. The van der Waals surface area contributed by atoms with E-state index in [4.69, 9.17) is 11.6 Å². The fraction of sp³-hybridized carbons (Fsp3) is 0.100. The average molecular weight is 472 g/mol. The van der Waals surface area contributed by atoms with Crippen LogP contribution in [0.1, 0.15) is 21.6 Å². The molecule has 3 aromatic rings. The van der Waals surface area contributed by atoms with Crippen LogP contribution in [0.5, 0.6) is 0 Å². The van der Waals surface area contributed by atoms with E-state index >= 15 is 0 Å². The molecule has 1 amide bonds. The molecule has 1 atom stereocenters. The van der Waals surface area contributed by atoms with Crippen molar-refractivity contribution in [1.82, 2.24) is 4.98 Å². The van der Waals surface area contributed by atoms with Crippen LogP contribution in [0, 0.1) is 12.7 Å². The highest BCUT2D eigenvalue weighted by molar-refractivity contribution is 7.86. The smallest absolute Gasteiger partial charge is 0.322 e. The van der Waals surface area contributed by atoms with Crippen LogP contribution in [-0.4, -0.2) is 15.1 Å². The van der Waals surface area contributed by atoms with Gasteiger partial charge in [-0.25, -0.2) is 8.60 Å². The van der Waals surface area contributed by atoms with Gasteiger partial charge >= 0.3 is 6.18 Å². The molecule has 0 saturated heterocycles. The van der Waals surface area contributed by atoms with Gasteiger partial charge in [0, 0.05) is 22.6 Å². The lowest BCUT2D eigenvalue weighted by Gasteiger charge is -2.15. The Kier molecular flexibility index (Phi) is 6.61. The molecular weight excluding hydrogens is 458 g/mol. The summed E-state index contributed by atoms with van der Waals surface area (Å²) in [7, 11) is -2.06. The predicted molar refractivity (Wildman–Crippen MR) is 110 cm³/mol. The van der Waals surface area contributed by atoms with Gasteiger partial charge in [0.25, 0.3) is 5.91 Å². The van der Waals surface area contributed by atoms with Crippen LogP contribution in [0.2, 0.25) is 5.02 Å². The lowest BCUT2D eigenvalue weighted by molar-refractivity contribution is -0.138.